The lowest BCUT2D eigenvalue weighted by molar-refractivity contribution is 0.401. The number of hydrogen-bond acceptors (Lipinski definition) is 4. The molecule has 1 N–H and O–H groups in total. The van der Waals surface area contributed by atoms with Crippen LogP contribution in [-0.2, 0) is 0 Å². The lowest BCUT2D eigenvalue weighted by Crippen LogP contribution is -2.37. The molecule has 1 saturated carbocycles. The van der Waals surface area contributed by atoms with Gasteiger partial charge >= 0.3 is 0 Å². The number of nitrogens with zero attached hydrogens (tertiary/aromatic N) is 1. The summed E-state index contributed by atoms with van der Waals surface area (Å²) in [7, 11) is 0. The number of hydrogen-bond donors (Lipinski definition) is 1. The predicted octanol–water partition coefficient (Wildman–Crippen LogP) is 3.39. The van der Waals surface area contributed by atoms with Crippen LogP contribution in [0.2, 0.25) is 0 Å². The van der Waals surface area contributed by atoms with Crippen LogP contribution in [0.1, 0.15) is 42.4 Å². The van der Waals surface area contributed by atoms with Crippen LogP contribution in [0.5, 0.6) is 0 Å². The summed E-state index contributed by atoms with van der Waals surface area (Å²) < 4.78 is 0. The molecule has 0 aromatic carbocycles. The van der Waals surface area contributed by atoms with Gasteiger partial charge in [-0.2, -0.15) is 11.8 Å². The second-order valence-electron chi connectivity index (χ2n) is 5.22. The van der Waals surface area contributed by atoms with Crippen LogP contribution < -0.4 is 5.32 Å². The fraction of sp³-hybridized carbons (Fsp3) is 0.769. The summed E-state index contributed by atoms with van der Waals surface area (Å²) in [4.78, 5) is 4.69. The molecule has 2 nitrogen and oxygen atoms in total. The van der Waals surface area contributed by atoms with E-state index in [0.717, 1.165) is 5.92 Å². The quantitative estimate of drug-likeness (QED) is 0.906. The Morgan fingerprint density at radius 3 is 2.88 bits per heavy atom. The number of aromatic nitrogens is 1. The average molecular weight is 268 g/mol. The minimum Gasteiger partial charge on any atom is -0.304 e. The molecule has 0 radical (unpaired) electrons. The maximum Gasteiger partial charge on any atom is 0.110 e. The van der Waals surface area contributed by atoms with Crippen molar-refractivity contribution in [3.8, 4) is 0 Å². The molecule has 1 aliphatic carbocycles. The first kappa shape index (κ1) is 12.0. The fourth-order valence-electron chi connectivity index (χ4n) is 2.48. The molecule has 1 aromatic rings. The second-order valence-corrected chi connectivity index (χ2v) is 7.26. The van der Waals surface area contributed by atoms with Crippen molar-refractivity contribution < 1.29 is 0 Å². The molecule has 1 aliphatic heterocycles. The number of aryl methyl sites for hydroxylation is 1. The van der Waals surface area contributed by atoms with E-state index in [4.69, 9.17) is 0 Å². The zero-order chi connectivity index (χ0) is 11.7. The van der Waals surface area contributed by atoms with Gasteiger partial charge in [-0.1, -0.05) is 0 Å². The van der Waals surface area contributed by atoms with E-state index in [1.807, 2.05) is 11.3 Å². The zero-order valence-corrected chi connectivity index (χ0v) is 11.9. The first-order valence-corrected chi connectivity index (χ1v) is 8.62. The van der Waals surface area contributed by atoms with E-state index in [1.165, 1.54) is 47.9 Å². The van der Waals surface area contributed by atoms with E-state index >= 15 is 0 Å². The van der Waals surface area contributed by atoms with Gasteiger partial charge in [0.1, 0.15) is 5.01 Å². The molecule has 2 aliphatic rings. The van der Waals surface area contributed by atoms with Crippen LogP contribution in [0, 0.1) is 12.8 Å². The lowest BCUT2D eigenvalue weighted by atomic mass is 10.1. The number of rotatable bonds is 4. The van der Waals surface area contributed by atoms with Crippen molar-refractivity contribution in [3.63, 3.8) is 0 Å². The van der Waals surface area contributed by atoms with Gasteiger partial charge in [0, 0.05) is 22.9 Å². The second kappa shape index (κ2) is 5.29. The van der Waals surface area contributed by atoms with Crippen LogP contribution in [0.4, 0.5) is 0 Å². The number of thioether (sulfide) groups is 1. The summed E-state index contributed by atoms with van der Waals surface area (Å²) in [6, 6.07) is 1.25. The molecule has 2 atom stereocenters. The number of thiazole rings is 1. The summed E-state index contributed by atoms with van der Waals surface area (Å²) in [5, 5.41) is 7.38. The molecule has 0 bridgehead atoms. The zero-order valence-electron chi connectivity index (χ0n) is 10.3. The van der Waals surface area contributed by atoms with Crippen molar-refractivity contribution in [1.82, 2.24) is 10.3 Å². The van der Waals surface area contributed by atoms with E-state index in [9.17, 15) is 0 Å². The Hall–Kier alpha value is -0.0600. The molecule has 4 heteroatoms. The highest BCUT2D eigenvalue weighted by Crippen LogP contribution is 2.42. The minimum atomic E-state index is 0.539. The molecule has 94 valence electrons. The van der Waals surface area contributed by atoms with Crippen molar-refractivity contribution in [1.29, 1.82) is 0 Å². The molecule has 1 saturated heterocycles. The molecule has 17 heavy (non-hydrogen) atoms. The molecule has 3 rings (SSSR count). The summed E-state index contributed by atoms with van der Waals surface area (Å²) in [5.41, 5.74) is 1.18. The average Bonchev–Trinajstić information content (AvgIpc) is 3.10. The Labute approximate surface area is 112 Å². The SMILES string of the molecule is Cc1csc([C@H](N[C@H]2CCCSC2)C2CC2)n1. The van der Waals surface area contributed by atoms with Gasteiger partial charge in [0.15, 0.2) is 0 Å². The molecular formula is C13H20N2S2. The first-order valence-electron chi connectivity index (χ1n) is 6.59. The normalized spacial score (nSPS) is 27.0. The van der Waals surface area contributed by atoms with Gasteiger partial charge in [-0.3, -0.25) is 0 Å². The van der Waals surface area contributed by atoms with Gasteiger partial charge in [0.25, 0.3) is 0 Å². The summed E-state index contributed by atoms with van der Waals surface area (Å²) in [6.07, 6.45) is 5.49. The van der Waals surface area contributed by atoms with Gasteiger partial charge in [0.2, 0.25) is 0 Å². The van der Waals surface area contributed by atoms with Crippen molar-refractivity contribution in [2.75, 3.05) is 11.5 Å². The van der Waals surface area contributed by atoms with Crippen LogP contribution in [-0.4, -0.2) is 22.5 Å². The van der Waals surface area contributed by atoms with Crippen LogP contribution in [0.25, 0.3) is 0 Å². The molecule has 0 amide bonds. The lowest BCUT2D eigenvalue weighted by Gasteiger charge is -2.27. The highest BCUT2D eigenvalue weighted by molar-refractivity contribution is 7.99. The summed E-state index contributed by atoms with van der Waals surface area (Å²) in [5.74, 6) is 3.49. The Bertz CT molecular complexity index is 367. The number of nitrogens with one attached hydrogen (secondary N) is 1. The third kappa shape index (κ3) is 3.04. The third-order valence-corrected chi connectivity index (χ3v) is 5.83. The van der Waals surface area contributed by atoms with Crippen molar-refractivity contribution in [3.05, 3.63) is 16.1 Å². The summed E-state index contributed by atoms with van der Waals surface area (Å²) in [6.45, 7) is 2.10. The van der Waals surface area contributed by atoms with E-state index in [-0.39, 0.29) is 0 Å². The van der Waals surface area contributed by atoms with Gasteiger partial charge in [-0.15, -0.1) is 11.3 Å². The third-order valence-electron chi connectivity index (χ3n) is 3.57. The molecule has 0 spiro atoms. The van der Waals surface area contributed by atoms with E-state index in [2.05, 4.69) is 34.4 Å². The highest BCUT2D eigenvalue weighted by atomic mass is 32.2. The Morgan fingerprint density at radius 2 is 2.29 bits per heavy atom. The Morgan fingerprint density at radius 1 is 1.41 bits per heavy atom. The standard InChI is InChI=1S/C13H20N2S2/c1-9-7-17-13(14-9)12(10-4-5-10)15-11-3-2-6-16-8-11/h7,10-12,15H,2-6,8H2,1H3/t11-,12+/m0/s1. The highest BCUT2D eigenvalue weighted by Gasteiger charge is 2.35. The Kier molecular flexibility index (Phi) is 3.73. The first-order chi connectivity index (χ1) is 8.33. The van der Waals surface area contributed by atoms with E-state index in [1.54, 1.807) is 0 Å². The van der Waals surface area contributed by atoms with Crippen molar-refractivity contribution in [2.24, 2.45) is 5.92 Å². The molecule has 1 aromatic heterocycles. The van der Waals surface area contributed by atoms with Crippen LogP contribution in [0.15, 0.2) is 5.38 Å². The van der Waals surface area contributed by atoms with Crippen LogP contribution in [0.3, 0.4) is 0 Å². The monoisotopic (exact) mass is 268 g/mol. The maximum absolute atomic E-state index is 4.69. The minimum absolute atomic E-state index is 0.539. The molecular weight excluding hydrogens is 248 g/mol. The van der Waals surface area contributed by atoms with E-state index in [0.29, 0.717) is 12.1 Å². The van der Waals surface area contributed by atoms with Gasteiger partial charge in [-0.25, -0.2) is 4.98 Å². The molecule has 2 heterocycles. The molecule has 0 unspecified atom stereocenters. The Balaban J connectivity index is 1.67. The predicted molar refractivity (Wildman–Crippen MR) is 75.8 cm³/mol. The van der Waals surface area contributed by atoms with E-state index < -0.39 is 0 Å². The van der Waals surface area contributed by atoms with Gasteiger partial charge in [-0.05, 0) is 44.3 Å². The van der Waals surface area contributed by atoms with Crippen LogP contribution >= 0.6 is 23.1 Å². The summed E-state index contributed by atoms with van der Waals surface area (Å²) >= 11 is 3.93. The molecule has 2 fully saturated rings. The van der Waals surface area contributed by atoms with Gasteiger partial charge < -0.3 is 5.32 Å². The smallest absolute Gasteiger partial charge is 0.110 e. The topological polar surface area (TPSA) is 24.9 Å². The van der Waals surface area contributed by atoms with Crippen molar-refractivity contribution >= 4 is 23.1 Å². The largest absolute Gasteiger partial charge is 0.304 e. The van der Waals surface area contributed by atoms with Gasteiger partial charge in [0.05, 0.1) is 6.04 Å². The maximum atomic E-state index is 4.69. The van der Waals surface area contributed by atoms with Crippen molar-refractivity contribution in [2.45, 2.75) is 44.7 Å². The fourth-order valence-corrected chi connectivity index (χ4v) is 4.51.